The zero-order valence-electron chi connectivity index (χ0n) is 16.9. The second-order valence-corrected chi connectivity index (χ2v) is 6.88. The molecule has 2 aromatic rings. The Labute approximate surface area is 174 Å². The Balaban J connectivity index is 1.60. The molecular weight excluding hydrogens is 395 g/mol. The molecule has 1 N–H and O–H groups in total. The largest absolute Gasteiger partial charge is 0.484 e. The average molecular weight is 421 g/mol. The molecule has 0 atom stereocenters. The summed E-state index contributed by atoms with van der Waals surface area (Å²) in [7, 11) is 0. The molecule has 0 bridgehead atoms. The maximum Gasteiger partial charge on any atom is 0.422 e. The number of piperazine rings is 1. The first-order valence-electron chi connectivity index (χ1n) is 9.92. The van der Waals surface area contributed by atoms with Gasteiger partial charge in [0.15, 0.2) is 12.6 Å². The standard InChI is InChI=1S/C21H26F3N5O/c1-2-25-20(29-12-10-28(11-13-29)19-8-3-4-9-26-19)27-15-17-6-5-7-18(14-17)30-16-21(22,23)24/h3-9,14H,2,10-13,15-16H2,1H3,(H,25,27). The summed E-state index contributed by atoms with van der Waals surface area (Å²) in [6.07, 6.45) is -2.57. The van der Waals surface area contributed by atoms with E-state index in [9.17, 15) is 13.2 Å². The first-order chi connectivity index (χ1) is 14.4. The summed E-state index contributed by atoms with van der Waals surface area (Å²) >= 11 is 0. The average Bonchev–Trinajstić information content (AvgIpc) is 2.76. The van der Waals surface area contributed by atoms with Crippen molar-refractivity contribution in [2.24, 2.45) is 4.99 Å². The minimum Gasteiger partial charge on any atom is -0.484 e. The molecule has 0 amide bonds. The van der Waals surface area contributed by atoms with Crippen LogP contribution in [0.15, 0.2) is 53.7 Å². The first kappa shape index (κ1) is 21.7. The lowest BCUT2D eigenvalue weighted by molar-refractivity contribution is -0.153. The van der Waals surface area contributed by atoms with E-state index in [-0.39, 0.29) is 5.75 Å². The van der Waals surface area contributed by atoms with Crippen LogP contribution >= 0.6 is 0 Å². The number of alkyl halides is 3. The molecule has 0 radical (unpaired) electrons. The molecule has 162 valence electrons. The Morgan fingerprint density at radius 3 is 2.60 bits per heavy atom. The predicted octanol–water partition coefficient (Wildman–Crippen LogP) is 3.31. The molecule has 6 nitrogen and oxygen atoms in total. The van der Waals surface area contributed by atoms with Gasteiger partial charge in [-0.15, -0.1) is 0 Å². The monoisotopic (exact) mass is 421 g/mol. The summed E-state index contributed by atoms with van der Waals surface area (Å²) in [6.45, 7) is 5.06. The number of ether oxygens (including phenoxy) is 1. The van der Waals surface area contributed by atoms with E-state index in [4.69, 9.17) is 4.74 Å². The zero-order chi connectivity index (χ0) is 21.4. The molecule has 1 fully saturated rings. The van der Waals surface area contributed by atoms with E-state index in [1.54, 1.807) is 18.3 Å². The summed E-state index contributed by atoms with van der Waals surface area (Å²) in [5.41, 5.74) is 0.789. The van der Waals surface area contributed by atoms with Crippen LogP contribution in [0.25, 0.3) is 0 Å². The van der Waals surface area contributed by atoms with Gasteiger partial charge in [0.25, 0.3) is 0 Å². The van der Waals surface area contributed by atoms with E-state index in [2.05, 4.69) is 25.1 Å². The lowest BCUT2D eigenvalue weighted by atomic mass is 10.2. The van der Waals surface area contributed by atoms with Crippen LogP contribution in [0.5, 0.6) is 5.75 Å². The van der Waals surface area contributed by atoms with Crippen LogP contribution in [0, 0.1) is 0 Å². The highest BCUT2D eigenvalue weighted by Crippen LogP contribution is 2.20. The van der Waals surface area contributed by atoms with Gasteiger partial charge in [-0.05, 0) is 36.8 Å². The van der Waals surface area contributed by atoms with E-state index < -0.39 is 12.8 Å². The second kappa shape index (κ2) is 10.2. The smallest absolute Gasteiger partial charge is 0.422 e. The summed E-state index contributed by atoms with van der Waals surface area (Å²) in [5, 5.41) is 3.30. The topological polar surface area (TPSA) is 53.0 Å². The van der Waals surface area contributed by atoms with Crippen molar-refractivity contribution in [3.05, 3.63) is 54.2 Å². The number of hydrogen-bond acceptors (Lipinski definition) is 4. The van der Waals surface area contributed by atoms with Crippen molar-refractivity contribution < 1.29 is 17.9 Å². The van der Waals surface area contributed by atoms with Gasteiger partial charge in [0.1, 0.15) is 11.6 Å². The number of halogens is 3. The number of aliphatic imine (C=N–C) groups is 1. The Kier molecular flexibility index (Phi) is 7.37. The van der Waals surface area contributed by atoms with Crippen molar-refractivity contribution in [2.45, 2.75) is 19.6 Å². The van der Waals surface area contributed by atoms with E-state index >= 15 is 0 Å². The lowest BCUT2D eigenvalue weighted by Crippen LogP contribution is -2.52. The third-order valence-electron chi connectivity index (χ3n) is 4.60. The van der Waals surface area contributed by atoms with E-state index in [0.29, 0.717) is 6.54 Å². The van der Waals surface area contributed by atoms with Crippen LogP contribution in [0.2, 0.25) is 0 Å². The molecule has 3 rings (SSSR count). The van der Waals surface area contributed by atoms with E-state index in [1.165, 1.54) is 6.07 Å². The van der Waals surface area contributed by atoms with E-state index in [0.717, 1.165) is 50.1 Å². The van der Waals surface area contributed by atoms with Crippen molar-refractivity contribution in [3.63, 3.8) is 0 Å². The summed E-state index contributed by atoms with van der Waals surface area (Å²) in [4.78, 5) is 13.5. The molecule has 1 aromatic carbocycles. The number of benzene rings is 1. The third kappa shape index (κ3) is 6.53. The van der Waals surface area contributed by atoms with Crippen molar-refractivity contribution in [1.29, 1.82) is 0 Å². The van der Waals surface area contributed by atoms with Crippen LogP contribution in [-0.4, -0.2) is 61.4 Å². The molecule has 30 heavy (non-hydrogen) atoms. The van der Waals surface area contributed by atoms with Crippen molar-refractivity contribution in [1.82, 2.24) is 15.2 Å². The van der Waals surface area contributed by atoms with Gasteiger partial charge in [0.2, 0.25) is 0 Å². The summed E-state index contributed by atoms with van der Waals surface area (Å²) in [6, 6.07) is 12.5. The van der Waals surface area contributed by atoms with Crippen molar-refractivity contribution >= 4 is 11.8 Å². The zero-order valence-corrected chi connectivity index (χ0v) is 16.9. The van der Waals surface area contributed by atoms with Crippen LogP contribution in [-0.2, 0) is 6.54 Å². The normalized spacial score (nSPS) is 15.3. The fraction of sp³-hybridized carbons (Fsp3) is 0.429. The fourth-order valence-electron chi connectivity index (χ4n) is 3.18. The first-order valence-corrected chi connectivity index (χ1v) is 9.92. The van der Waals surface area contributed by atoms with Gasteiger partial charge in [-0.3, -0.25) is 0 Å². The van der Waals surface area contributed by atoms with Crippen LogP contribution in [0.3, 0.4) is 0 Å². The number of pyridine rings is 1. The van der Waals surface area contributed by atoms with Gasteiger partial charge < -0.3 is 19.9 Å². The molecule has 9 heteroatoms. The molecule has 0 saturated carbocycles. The highest BCUT2D eigenvalue weighted by atomic mass is 19.4. The number of rotatable bonds is 6. The Bertz CT molecular complexity index is 821. The number of anilines is 1. The molecule has 0 spiro atoms. The quantitative estimate of drug-likeness (QED) is 0.573. The van der Waals surface area contributed by atoms with Gasteiger partial charge in [-0.2, -0.15) is 13.2 Å². The minimum atomic E-state index is -4.36. The molecule has 1 saturated heterocycles. The maximum atomic E-state index is 12.4. The van der Waals surface area contributed by atoms with Gasteiger partial charge >= 0.3 is 6.18 Å². The molecule has 1 aromatic heterocycles. The highest BCUT2D eigenvalue weighted by molar-refractivity contribution is 5.80. The highest BCUT2D eigenvalue weighted by Gasteiger charge is 2.28. The molecule has 1 aliphatic heterocycles. The minimum absolute atomic E-state index is 0.189. The van der Waals surface area contributed by atoms with Crippen LogP contribution < -0.4 is 15.0 Å². The molecule has 2 heterocycles. The Morgan fingerprint density at radius 1 is 1.13 bits per heavy atom. The number of nitrogens with one attached hydrogen (secondary N) is 1. The van der Waals surface area contributed by atoms with Gasteiger partial charge in [-0.1, -0.05) is 18.2 Å². The fourth-order valence-corrected chi connectivity index (χ4v) is 3.18. The maximum absolute atomic E-state index is 12.4. The Morgan fingerprint density at radius 2 is 1.93 bits per heavy atom. The van der Waals surface area contributed by atoms with Gasteiger partial charge in [0.05, 0.1) is 6.54 Å². The third-order valence-corrected chi connectivity index (χ3v) is 4.60. The van der Waals surface area contributed by atoms with Crippen molar-refractivity contribution in [2.75, 3.05) is 44.2 Å². The predicted molar refractivity (Wildman–Crippen MR) is 111 cm³/mol. The molecule has 0 unspecified atom stereocenters. The van der Waals surface area contributed by atoms with E-state index in [1.807, 2.05) is 31.2 Å². The van der Waals surface area contributed by atoms with Gasteiger partial charge in [-0.25, -0.2) is 9.98 Å². The number of guanidine groups is 1. The van der Waals surface area contributed by atoms with Crippen LogP contribution in [0.4, 0.5) is 19.0 Å². The lowest BCUT2D eigenvalue weighted by Gasteiger charge is -2.37. The van der Waals surface area contributed by atoms with Crippen molar-refractivity contribution in [3.8, 4) is 5.75 Å². The number of hydrogen-bond donors (Lipinski definition) is 1. The number of aromatic nitrogens is 1. The summed E-state index contributed by atoms with van der Waals surface area (Å²) in [5.74, 6) is 1.95. The summed E-state index contributed by atoms with van der Waals surface area (Å²) < 4.78 is 41.9. The molecular formula is C21H26F3N5O. The number of nitrogens with zero attached hydrogens (tertiary/aromatic N) is 4. The molecule has 1 aliphatic rings. The second-order valence-electron chi connectivity index (χ2n) is 6.88. The SMILES string of the molecule is CCNC(=NCc1cccc(OCC(F)(F)F)c1)N1CCN(c2ccccn2)CC1. The molecule has 0 aliphatic carbocycles. The van der Waals surface area contributed by atoms with Crippen LogP contribution in [0.1, 0.15) is 12.5 Å². The van der Waals surface area contributed by atoms with Gasteiger partial charge in [0, 0.05) is 38.9 Å². The Hall–Kier alpha value is -2.97.